The molecule has 0 unspecified atom stereocenters. The van der Waals surface area contributed by atoms with E-state index in [0.717, 1.165) is 36.7 Å². The monoisotopic (exact) mass is 322 g/mol. The van der Waals surface area contributed by atoms with Crippen molar-refractivity contribution < 1.29 is 4.52 Å². The number of benzene rings is 1. The van der Waals surface area contributed by atoms with Crippen LogP contribution in [-0.4, -0.2) is 26.4 Å². The molecule has 1 saturated heterocycles. The van der Waals surface area contributed by atoms with Crippen molar-refractivity contribution >= 4 is 0 Å². The molecule has 0 N–H and O–H groups in total. The van der Waals surface area contributed by atoms with Gasteiger partial charge < -0.3 is 4.52 Å². The maximum absolute atomic E-state index is 5.30. The average Bonchev–Trinajstić information content (AvgIpc) is 3.27. The van der Waals surface area contributed by atoms with Crippen molar-refractivity contribution in [1.29, 1.82) is 0 Å². The fourth-order valence-corrected chi connectivity index (χ4v) is 3.51. The third-order valence-corrected chi connectivity index (χ3v) is 4.67. The molecule has 3 heterocycles. The van der Waals surface area contributed by atoms with E-state index in [9.17, 15) is 0 Å². The van der Waals surface area contributed by atoms with E-state index < -0.39 is 0 Å². The van der Waals surface area contributed by atoms with Crippen molar-refractivity contribution in [3.05, 3.63) is 65.8 Å². The van der Waals surface area contributed by atoms with Crippen LogP contribution in [0.2, 0.25) is 0 Å². The highest BCUT2D eigenvalue weighted by atomic mass is 16.5. The summed E-state index contributed by atoms with van der Waals surface area (Å²) >= 11 is 0. The minimum atomic E-state index is 0.351. The standard InChI is InChI=1S/C19H22N4O/c1-15-12-18(21-24-15)19-8-2-3-10-22(19)14-16-6-4-7-17(13-16)23-11-5-9-20-23/h4-7,9,11-13,19H,2-3,8,10,14H2,1H3/t19-/m1/s1. The van der Waals surface area contributed by atoms with Gasteiger partial charge >= 0.3 is 0 Å². The number of hydrogen-bond donors (Lipinski definition) is 0. The van der Waals surface area contributed by atoms with Crippen molar-refractivity contribution in [2.24, 2.45) is 0 Å². The van der Waals surface area contributed by atoms with E-state index in [-0.39, 0.29) is 0 Å². The molecule has 1 aliphatic rings. The van der Waals surface area contributed by atoms with Gasteiger partial charge in [0.25, 0.3) is 0 Å². The summed E-state index contributed by atoms with van der Waals surface area (Å²) in [6.07, 6.45) is 7.42. The lowest BCUT2D eigenvalue weighted by Crippen LogP contribution is -2.33. The minimum Gasteiger partial charge on any atom is -0.361 e. The lowest BCUT2D eigenvalue weighted by molar-refractivity contribution is 0.134. The van der Waals surface area contributed by atoms with Gasteiger partial charge in [0.1, 0.15) is 11.5 Å². The lowest BCUT2D eigenvalue weighted by Gasteiger charge is -2.34. The molecule has 0 saturated carbocycles. The smallest absolute Gasteiger partial charge is 0.133 e. The van der Waals surface area contributed by atoms with Gasteiger partial charge in [-0.05, 0) is 50.1 Å². The fraction of sp³-hybridized carbons (Fsp3) is 0.368. The van der Waals surface area contributed by atoms with Gasteiger partial charge in [0.05, 0.1) is 11.7 Å². The zero-order valence-electron chi connectivity index (χ0n) is 13.9. The zero-order chi connectivity index (χ0) is 16.4. The van der Waals surface area contributed by atoms with Crippen molar-refractivity contribution in [1.82, 2.24) is 19.8 Å². The van der Waals surface area contributed by atoms with Crippen LogP contribution in [0.4, 0.5) is 0 Å². The summed E-state index contributed by atoms with van der Waals surface area (Å²) in [7, 11) is 0. The number of likely N-dealkylation sites (tertiary alicyclic amines) is 1. The molecule has 0 bridgehead atoms. The number of nitrogens with zero attached hydrogens (tertiary/aromatic N) is 4. The van der Waals surface area contributed by atoms with E-state index in [0.29, 0.717) is 6.04 Å². The Balaban J connectivity index is 1.56. The lowest BCUT2D eigenvalue weighted by atomic mass is 9.98. The van der Waals surface area contributed by atoms with E-state index >= 15 is 0 Å². The first-order valence-electron chi connectivity index (χ1n) is 8.56. The van der Waals surface area contributed by atoms with Crippen molar-refractivity contribution in [3.63, 3.8) is 0 Å². The summed E-state index contributed by atoms with van der Waals surface area (Å²) in [4.78, 5) is 2.52. The highest BCUT2D eigenvalue weighted by molar-refractivity contribution is 5.35. The maximum atomic E-state index is 5.30. The number of aromatic nitrogens is 3. The third-order valence-electron chi connectivity index (χ3n) is 4.67. The second-order valence-corrected chi connectivity index (χ2v) is 6.47. The summed E-state index contributed by atoms with van der Waals surface area (Å²) in [5, 5.41) is 8.58. The molecule has 1 atom stereocenters. The second kappa shape index (κ2) is 6.61. The van der Waals surface area contributed by atoms with Crippen molar-refractivity contribution in [2.45, 2.75) is 38.8 Å². The molecule has 124 valence electrons. The van der Waals surface area contributed by atoms with Crippen molar-refractivity contribution in [3.8, 4) is 5.69 Å². The molecule has 0 radical (unpaired) electrons. The largest absolute Gasteiger partial charge is 0.361 e. The average molecular weight is 322 g/mol. The van der Waals surface area contributed by atoms with E-state index in [1.807, 2.05) is 23.9 Å². The van der Waals surface area contributed by atoms with Gasteiger partial charge in [0.15, 0.2) is 0 Å². The molecule has 0 spiro atoms. The van der Waals surface area contributed by atoms with E-state index in [1.165, 1.54) is 18.4 Å². The first-order valence-corrected chi connectivity index (χ1v) is 8.56. The quantitative estimate of drug-likeness (QED) is 0.731. The molecule has 1 aliphatic heterocycles. The van der Waals surface area contributed by atoms with Gasteiger partial charge in [-0.25, -0.2) is 4.68 Å². The SMILES string of the molecule is Cc1cc([C@H]2CCCCN2Cc2cccc(-n3cccn3)c2)no1. The van der Waals surface area contributed by atoms with Crippen LogP contribution in [-0.2, 0) is 6.54 Å². The van der Waals surface area contributed by atoms with Gasteiger partial charge in [0, 0.05) is 25.0 Å². The molecular formula is C19H22N4O. The van der Waals surface area contributed by atoms with Crippen LogP contribution in [0.1, 0.15) is 42.3 Å². The summed E-state index contributed by atoms with van der Waals surface area (Å²) in [5.74, 6) is 0.885. The Kier molecular flexibility index (Phi) is 4.17. The normalized spacial score (nSPS) is 18.8. The molecule has 0 aliphatic carbocycles. The number of hydrogen-bond acceptors (Lipinski definition) is 4. The predicted octanol–water partition coefficient (Wildman–Crippen LogP) is 3.90. The summed E-state index contributed by atoms with van der Waals surface area (Å²) in [5.41, 5.74) is 3.47. The van der Waals surface area contributed by atoms with Crippen LogP contribution >= 0.6 is 0 Å². The molecule has 1 fully saturated rings. The summed E-state index contributed by atoms with van der Waals surface area (Å²) in [6, 6.07) is 13.0. The Bertz CT molecular complexity index is 793. The fourth-order valence-electron chi connectivity index (χ4n) is 3.51. The van der Waals surface area contributed by atoms with Gasteiger partial charge in [-0.3, -0.25) is 4.90 Å². The number of rotatable bonds is 4. The van der Waals surface area contributed by atoms with Gasteiger partial charge in [-0.2, -0.15) is 5.10 Å². The molecule has 24 heavy (non-hydrogen) atoms. The van der Waals surface area contributed by atoms with E-state index in [1.54, 1.807) is 6.20 Å². The molecule has 5 nitrogen and oxygen atoms in total. The molecule has 4 rings (SSSR count). The Labute approximate surface area is 141 Å². The second-order valence-electron chi connectivity index (χ2n) is 6.47. The van der Waals surface area contributed by atoms with Crippen LogP contribution in [0.25, 0.3) is 5.69 Å². The molecule has 2 aromatic heterocycles. The zero-order valence-corrected chi connectivity index (χ0v) is 13.9. The number of aryl methyl sites for hydroxylation is 1. The summed E-state index contributed by atoms with van der Waals surface area (Å²) in [6.45, 7) is 3.98. The maximum Gasteiger partial charge on any atom is 0.133 e. The van der Waals surface area contributed by atoms with Gasteiger partial charge in [0.2, 0.25) is 0 Å². The Hall–Kier alpha value is -2.40. The van der Waals surface area contributed by atoms with Gasteiger partial charge in [-0.15, -0.1) is 0 Å². The molecule has 3 aromatic rings. The first-order chi connectivity index (χ1) is 11.8. The van der Waals surface area contributed by atoms with Crippen LogP contribution in [0.5, 0.6) is 0 Å². The molecule has 1 aromatic carbocycles. The van der Waals surface area contributed by atoms with E-state index in [4.69, 9.17) is 4.52 Å². The number of piperidine rings is 1. The topological polar surface area (TPSA) is 47.1 Å². The Morgan fingerprint density at radius 3 is 2.96 bits per heavy atom. The third kappa shape index (κ3) is 3.12. The first kappa shape index (κ1) is 15.1. The van der Waals surface area contributed by atoms with E-state index in [2.05, 4.69) is 45.5 Å². The minimum absolute atomic E-state index is 0.351. The van der Waals surface area contributed by atoms with Crippen molar-refractivity contribution in [2.75, 3.05) is 6.54 Å². The Morgan fingerprint density at radius 1 is 1.21 bits per heavy atom. The highest BCUT2D eigenvalue weighted by Crippen LogP contribution is 2.32. The van der Waals surface area contributed by atoms with Crippen LogP contribution in [0.3, 0.4) is 0 Å². The summed E-state index contributed by atoms with van der Waals surface area (Å²) < 4.78 is 7.20. The van der Waals surface area contributed by atoms with Gasteiger partial charge in [-0.1, -0.05) is 23.7 Å². The molecule has 0 amide bonds. The van der Waals surface area contributed by atoms with Crippen LogP contribution in [0.15, 0.2) is 53.3 Å². The predicted molar refractivity (Wildman–Crippen MR) is 91.8 cm³/mol. The Morgan fingerprint density at radius 2 is 2.17 bits per heavy atom. The molecular weight excluding hydrogens is 300 g/mol. The van der Waals surface area contributed by atoms with Crippen LogP contribution < -0.4 is 0 Å². The molecule has 5 heteroatoms. The highest BCUT2D eigenvalue weighted by Gasteiger charge is 2.26. The van der Waals surface area contributed by atoms with Crippen LogP contribution in [0, 0.1) is 6.92 Å².